The van der Waals surface area contributed by atoms with Gasteiger partial charge in [0.25, 0.3) is 0 Å². The Morgan fingerprint density at radius 1 is 1.27 bits per heavy atom. The Kier molecular flexibility index (Phi) is 7.35. The molecule has 0 atom stereocenters. The van der Waals surface area contributed by atoms with Crippen LogP contribution in [0, 0.1) is 22.9 Å². The average molecular weight is 211 g/mol. The maximum atomic E-state index is 7.48. The fraction of sp³-hybridized carbons (Fsp3) is 0.800. The molecule has 84 valence electrons. The van der Waals surface area contributed by atoms with Crippen LogP contribution >= 0.6 is 0 Å². The van der Waals surface area contributed by atoms with Crippen LogP contribution in [0.4, 0.5) is 0 Å². The van der Waals surface area contributed by atoms with Crippen LogP contribution in [0.3, 0.4) is 0 Å². The maximum Gasteiger partial charge on any atom is 0.190 e. The summed E-state index contributed by atoms with van der Waals surface area (Å²) in [5.74, 6) is 0. The third kappa shape index (κ3) is 5.21. The first kappa shape index (κ1) is 13.7. The standard InChI is InChI=1S/C8H18NO.C2HN3/c1-3-9(8-10-2)6-4-5-7-9;3-1-5-2-4/h3-8H2,1-2H3;5H/q+1;. The number of nitrogens with one attached hydrogen (secondary N) is 1. The predicted octanol–water partition coefficient (Wildman–Crippen LogP) is 0.759. The van der Waals surface area contributed by atoms with Crippen LogP contribution in [0.25, 0.3) is 0 Å². The smallest absolute Gasteiger partial charge is 0.190 e. The van der Waals surface area contributed by atoms with Crippen LogP contribution in [-0.4, -0.2) is 38.0 Å². The van der Waals surface area contributed by atoms with E-state index >= 15 is 0 Å². The SMILES string of the molecule is CC[N+]1(COC)CCCC1.N#CNC#N. The van der Waals surface area contributed by atoms with Gasteiger partial charge in [-0.3, -0.25) is 0 Å². The van der Waals surface area contributed by atoms with E-state index in [4.69, 9.17) is 15.3 Å². The molecule has 0 bridgehead atoms. The average Bonchev–Trinajstić information content (AvgIpc) is 2.70. The summed E-state index contributed by atoms with van der Waals surface area (Å²) in [7, 11) is 1.80. The van der Waals surface area contributed by atoms with E-state index in [0.717, 1.165) is 6.73 Å². The Morgan fingerprint density at radius 2 is 1.80 bits per heavy atom. The quantitative estimate of drug-likeness (QED) is 0.425. The molecule has 1 saturated heterocycles. The zero-order valence-corrected chi connectivity index (χ0v) is 9.49. The molecule has 1 N–H and O–H groups in total. The van der Waals surface area contributed by atoms with Crippen molar-refractivity contribution in [1.29, 1.82) is 10.5 Å². The van der Waals surface area contributed by atoms with Gasteiger partial charge in [0, 0.05) is 20.0 Å². The van der Waals surface area contributed by atoms with Crippen LogP contribution < -0.4 is 5.32 Å². The van der Waals surface area contributed by atoms with Crippen molar-refractivity contribution < 1.29 is 9.22 Å². The second-order valence-corrected chi connectivity index (χ2v) is 3.58. The van der Waals surface area contributed by atoms with E-state index in [9.17, 15) is 0 Å². The van der Waals surface area contributed by atoms with Gasteiger partial charge < -0.3 is 9.22 Å². The molecule has 0 aliphatic carbocycles. The lowest BCUT2D eigenvalue weighted by Crippen LogP contribution is -2.46. The molecule has 5 heteroatoms. The third-order valence-electron chi connectivity index (χ3n) is 2.70. The van der Waals surface area contributed by atoms with Gasteiger partial charge in [0.2, 0.25) is 0 Å². The summed E-state index contributed by atoms with van der Waals surface area (Å²) in [5, 5.41) is 16.7. The number of methoxy groups -OCH3 is 1. The van der Waals surface area contributed by atoms with Crippen molar-refractivity contribution in [2.45, 2.75) is 19.8 Å². The highest BCUT2D eigenvalue weighted by Gasteiger charge is 2.29. The van der Waals surface area contributed by atoms with E-state index in [-0.39, 0.29) is 0 Å². The first-order chi connectivity index (χ1) is 7.24. The zero-order chi connectivity index (χ0) is 11.6. The molecule has 0 saturated carbocycles. The lowest BCUT2D eigenvalue weighted by atomic mass is 10.4. The number of hydrogen-bond donors (Lipinski definition) is 1. The lowest BCUT2D eigenvalue weighted by Gasteiger charge is -2.31. The highest BCUT2D eigenvalue weighted by atomic mass is 16.5. The van der Waals surface area contributed by atoms with E-state index in [1.807, 2.05) is 0 Å². The second kappa shape index (κ2) is 8.05. The molecule has 1 aliphatic heterocycles. The monoisotopic (exact) mass is 211 g/mol. The molecule has 0 radical (unpaired) electrons. The molecule has 15 heavy (non-hydrogen) atoms. The highest BCUT2D eigenvalue weighted by molar-refractivity contribution is 4.77. The van der Waals surface area contributed by atoms with Crippen molar-refractivity contribution in [2.24, 2.45) is 0 Å². The molecule has 1 aliphatic rings. The van der Waals surface area contributed by atoms with Gasteiger partial charge in [-0.1, -0.05) is 0 Å². The fourth-order valence-electron chi connectivity index (χ4n) is 1.84. The number of hydrogen-bond acceptors (Lipinski definition) is 4. The molecule has 0 aromatic carbocycles. The topological polar surface area (TPSA) is 68.8 Å². The van der Waals surface area contributed by atoms with E-state index in [1.54, 1.807) is 12.4 Å². The number of quaternary nitrogens is 1. The Balaban J connectivity index is 0.000000336. The number of nitriles is 2. The number of likely N-dealkylation sites (tertiary alicyclic amines) is 1. The van der Waals surface area contributed by atoms with Crippen molar-refractivity contribution in [1.82, 2.24) is 5.32 Å². The lowest BCUT2D eigenvalue weighted by molar-refractivity contribution is -0.932. The maximum absolute atomic E-state index is 7.48. The van der Waals surface area contributed by atoms with Crippen LogP contribution in [0.2, 0.25) is 0 Å². The van der Waals surface area contributed by atoms with Crippen molar-refractivity contribution in [3.8, 4) is 12.4 Å². The van der Waals surface area contributed by atoms with Crippen LogP contribution in [-0.2, 0) is 4.74 Å². The minimum absolute atomic E-state index is 0.913. The fourth-order valence-corrected chi connectivity index (χ4v) is 1.84. The van der Waals surface area contributed by atoms with Crippen LogP contribution in [0.1, 0.15) is 19.8 Å². The Hall–Kier alpha value is -1.30. The van der Waals surface area contributed by atoms with Crippen molar-refractivity contribution in [3.63, 3.8) is 0 Å². The molecular formula is C10H19N4O+. The van der Waals surface area contributed by atoms with Gasteiger partial charge in [0.1, 0.15) is 0 Å². The minimum atomic E-state index is 0.913. The zero-order valence-electron chi connectivity index (χ0n) is 9.49. The molecule has 1 fully saturated rings. The molecule has 0 spiro atoms. The molecule has 0 amide bonds. The van der Waals surface area contributed by atoms with Crippen LogP contribution in [0.15, 0.2) is 0 Å². The number of ether oxygens (including phenoxy) is 1. The van der Waals surface area contributed by atoms with Gasteiger partial charge in [-0.2, -0.15) is 10.5 Å². The van der Waals surface area contributed by atoms with E-state index in [1.165, 1.54) is 49.3 Å². The van der Waals surface area contributed by atoms with Gasteiger partial charge in [0.05, 0.1) is 19.6 Å². The first-order valence-corrected chi connectivity index (χ1v) is 5.12. The Morgan fingerprint density at radius 3 is 2.07 bits per heavy atom. The Bertz CT molecular complexity index is 223. The van der Waals surface area contributed by atoms with E-state index in [2.05, 4.69) is 6.92 Å². The van der Waals surface area contributed by atoms with E-state index < -0.39 is 0 Å². The molecule has 0 unspecified atom stereocenters. The van der Waals surface area contributed by atoms with Crippen molar-refractivity contribution in [3.05, 3.63) is 0 Å². The summed E-state index contributed by atoms with van der Waals surface area (Å²) in [4.78, 5) is 0. The summed E-state index contributed by atoms with van der Waals surface area (Å²) in [6.07, 6.45) is 5.58. The first-order valence-electron chi connectivity index (χ1n) is 5.12. The number of rotatable bonds is 3. The molecule has 5 nitrogen and oxygen atoms in total. The van der Waals surface area contributed by atoms with E-state index in [0.29, 0.717) is 0 Å². The molecule has 0 aromatic rings. The van der Waals surface area contributed by atoms with Gasteiger partial charge in [-0.15, -0.1) is 0 Å². The highest BCUT2D eigenvalue weighted by Crippen LogP contribution is 2.18. The summed E-state index contributed by atoms with van der Waals surface area (Å²) < 4.78 is 6.38. The van der Waals surface area contributed by atoms with Crippen molar-refractivity contribution >= 4 is 0 Å². The summed E-state index contributed by atoms with van der Waals surface area (Å²) in [6.45, 7) is 7.04. The summed E-state index contributed by atoms with van der Waals surface area (Å²) >= 11 is 0. The predicted molar refractivity (Wildman–Crippen MR) is 56.0 cm³/mol. The van der Waals surface area contributed by atoms with Crippen LogP contribution in [0.5, 0.6) is 0 Å². The van der Waals surface area contributed by atoms with Gasteiger partial charge >= 0.3 is 0 Å². The van der Waals surface area contributed by atoms with Gasteiger partial charge in [0.15, 0.2) is 19.1 Å². The summed E-state index contributed by atoms with van der Waals surface area (Å²) in [5.41, 5.74) is 0. The molecule has 0 aromatic heterocycles. The molecule has 1 heterocycles. The number of nitrogens with zero attached hydrogens (tertiary/aromatic N) is 3. The van der Waals surface area contributed by atoms with Gasteiger partial charge in [-0.05, 0) is 6.92 Å². The molecular weight excluding hydrogens is 192 g/mol. The second-order valence-electron chi connectivity index (χ2n) is 3.58. The third-order valence-corrected chi connectivity index (χ3v) is 2.70. The van der Waals surface area contributed by atoms with Crippen molar-refractivity contribution in [2.75, 3.05) is 33.5 Å². The normalized spacial score (nSPS) is 16.8. The Labute approximate surface area is 91.4 Å². The molecule has 1 rings (SSSR count). The van der Waals surface area contributed by atoms with Gasteiger partial charge in [-0.25, -0.2) is 5.32 Å². The summed E-state index contributed by atoms with van der Waals surface area (Å²) in [6, 6.07) is 0. The minimum Gasteiger partial charge on any atom is -0.335 e. The largest absolute Gasteiger partial charge is 0.335 e.